The van der Waals surface area contributed by atoms with Crippen LogP contribution >= 0.6 is 0 Å². The number of benzene rings is 1. The second-order valence-electron chi connectivity index (χ2n) is 5.82. The number of nitrogens with one attached hydrogen (secondary N) is 1. The van der Waals surface area contributed by atoms with Crippen molar-refractivity contribution in [1.82, 2.24) is 5.32 Å². The third-order valence-electron chi connectivity index (χ3n) is 4.34. The molecule has 1 N–H and O–H groups in total. The van der Waals surface area contributed by atoms with E-state index in [2.05, 4.69) is 44.3 Å². The molecule has 1 aromatic carbocycles. The second kappa shape index (κ2) is 5.41. The highest BCUT2D eigenvalue weighted by Crippen LogP contribution is 2.31. The van der Waals surface area contributed by atoms with Crippen molar-refractivity contribution in [3.63, 3.8) is 0 Å². The standard InChI is InChI=1S/C16H25NO/c1-5-16(2,3)13-7-6-12-8-9-18-11-15(17-4)14(12)10-13/h6-7,10,15,17H,5,8-9,11H2,1-4H3. The lowest BCUT2D eigenvalue weighted by molar-refractivity contribution is 0.123. The average molecular weight is 247 g/mol. The quantitative estimate of drug-likeness (QED) is 0.885. The summed E-state index contributed by atoms with van der Waals surface area (Å²) in [4.78, 5) is 0. The minimum Gasteiger partial charge on any atom is -0.379 e. The Kier molecular flexibility index (Phi) is 4.08. The first kappa shape index (κ1) is 13.6. The van der Waals surface area contributed by atoms with Crippen molar-refractivity contribution in [2.75, 3.05) is 20.3 Å². The minimum atomic E-state index is 0.250. The van der Waals surface area contributed by atoms with Crippen molar-refractivity contribution in [2.24, 2.45) is 0 Å². The van der Waals surface area contributed by atoms with Gasteiger partial charge in [-0.1, -0.05) is 39.0 Å². The Balaban J connectivity index is 2.42. The van der Waals surface area contributed by atoms with E-state index in [9.17, 15) is 0 Å². The van der Waals surface area contributed by atoms with Gasteiger partial charge in [-0.25, -0.2) is 0 Å². The summed E-state index contributed by atoms with van der Waals surface area (Å²) in [5.41, 5.74) is 4.54. The molecule has 0 aliphatic carbocycles. The molecule has 0 saturated heterocycles. The molecule has 1 aliphatic rings. The molecule has 1 aliphatic heterocycles. The zero-order valence-electron chi connectivity index (χ0n) is 12.0. The van der Waals surface area contributed by atoms with Gasteiger partial charge in [0.05, 0.1) is 19.3 Å². The van der Waals surface area contributed by atoms with Gasteiger partial charge in [0.25, 0.3) is 0 Å². The highest BCUT2D eigenvalue weighted by atomic mass is 16.5. The van der Waals surface area contributed by atoms with Gasteiger partial charge in [-0.05, 0) is 42.0 Å². The summed E-state index contributed by atoms with van der Waals surface area (Å²) in [7, 11) is 2.01. The molecule has 0 aromatic heterocycles. The Bertz CT molecular complexity index is 412. The summed E-state index contributed by atoms with van der Waals surface area (Å²) >= 11 is 0. The van der Waals surface area contributed by atoms with Gasteiger partial charge in [-0.3, -0.25) is 0 Å². The van der Waals surface area contributed by atoms with Gasteiger partial charge in [-0.15, -0.1) is 0 Å². The van der Waals surface area contributed by atoms with Crippen LogP contribution in [0.15, 0.2) is 18.2 Å². The van der Waals surface area contributed by atoms with E-state index in [0.717, 1.165) is 26.1 Å². The first-order valence-corrected chi connectivity index (χ1v) is 6.97. The summed E-state index contributed by atoms with van der Waals surface area (Å²) in [6.07, 6.45) is 2.19. The van der Waals surface area contributed by atoms with Crippen molar-refractivity contribution in [3.8, 4) is 0 Å². The minimum absolute atomic E-state index is 0.250. The SMILES string of the molecule is CCC(C)(C)c1ccc2c(c1)C(NC)COCC2. The Morgan fingerprint density at radius 3 is 2.83 bits per heavy atom. The Labute approximate surface area is 111 Å². The summed E-state index contributed by atoms with van der Waals surface area (Å²) in [5, 5.41) is 3.37. The predicted molar refractivity (Wildman–Crippen MR) is 76.1 cm³/mol. The largest absolute Gasteiger partial charge is 0.379 e. The van der Waals surface area contributed by atoms with Crippen LogP contribution in [0.2, 0.25) is 0 Å². The molecule has 1 aromatic rings. The third kappa shape index (κ3) is 2.60. The first-order chi connectivity index (χ1) is 8.58. The van der Waals surface area contributed by atoms with Gasteiger partial charge in [0.1, 0.15) is 0 Å². The molecule has 18 heavy (non-hydrogen) atoms. The fourth-order valence-electron chi connectivity index (χ4n) is 2.48. The van der Waals surface area contributed by atoms with Crippen LogP contribution in [0, 0.1) is 0 Å². The lowest BCUT2D eigenvalue weighted by Crippen LogP contribution is -2.22. The Morgan fingerprint density at radius 1 is 1.39 bits per heavy atom. The van der Waals surface area contributed by atoms with Crippen LogP contribution < -0.4 is 5.32 Å². The zero-order chi connectivity index (χ0) is 13.2. The summed E-state index contributed by atoms with van der Waals surface area (Å²) in [6.45, 7) is 8.50. The third-order valence-corrected chi connectivity index (χ3v) is 4.34. The molecule has 2 heteroatoms. The molecule has 0 fully saturated rings. The number of rotatable bonds is 3. The Hall–Kier alpha value is -0.860. The van der Waals surface area contributed by atoms with Crippen molar-refractivity contribution in [1.29, 1.82) is 0 Å². The van der Waals surface area contributed by atoms with Crippen LogP contribution in [0.25, 0.3) is 0 Å². The monoisotopic (exact) mass is 247 g/mol. The van der Waals surface area contributed by atoms with Gasteiger partial charge in [0.15, 0.2) is 0 Å². The summed E-state index contributed by atoms with van der Waals surface area (Å²) in [6, 6.07) is 7.30. The fourth-order valence-corrected chi connectivity index (χ4v) is 2.48. The lowest BCUT2D eigenvalue weighted by Gasteiger charge is -2.26. The lowest BCUT2D eigenvalue weighted by atomic mass is 9.80. The summed E-state index contributed by atoms with van der Waals surface area (Å²) < 4.78 is 5.67. The first-order valence-electron chi connectivity index (χ1n) is 6.97. The molecular formula is C16H25NO. The molecule has 0 radical (unpaired) electrons. The maximum Gasteiger partial charge on any atom is 0.0661 e. The van der Waals surface area contributed by atoms with E-state index >= 15 is 0 Å². The molecule has 1 unspecified atom stereocenters. The Morgan fingerprint density at radius 2 is 2.17 bits per heavy atom. The van der Waals surface area contributed by atoms with Crippen LogP contribution in [0.1, 0.15) is 49.9 Å². The van der Waals surface area contributed by atoms with Crippen molar-refractivity contribution in [3.05, 3.63) is 34.9 Å². The zero-order valence-corrected chi connectivity index (χ0v) is 12.0. The average Bonchev–Trinajstić information content (AvgIpc) is 2.59. The number of hydrogen-bond acceptors (Lipinski definition) is 2. The highest BCUT2D eigenvalue weighted by Gasteiger charge is 2.23. The molecule has 2 rings (SSSR count). The molecule has 2 nitrogen and oxygen atoms in total. The van der Waals surface area contributed by atoms with Gasteiger partial charge in [0, 0.05) is 0 Å². The van der Waals surface area contributed by atoms with E-state index in [1.165, 1.54) is 16.7 Å². The molecule has 0 saturated carbocycles. The van der Waals surface area contributed by atoms with Crippen LogP contribution in [0.4, 0.5) is 0 Å². The molecular weight excluding hydrogens is 222 g/mol. The van der Waals surface area contributed by atoms with E-state index in [-0.39, 0.29) is 5.41 Å². The van der Waals surface area contributed by atoms with Crippen LogP contribution in [0.5, 0.6) is 0 Å². The number of hydrogen-bond donors (Lipinski definition) is 1. The molecule has 1 heterocycles. The van der Waals surface area contributed by atoms with Crippen molar-refractivity contribution < 1.29 is 4.74 Å². The van der Waals surface area contributed by atoms with Crippen LogP contribution in [-0.4, -0.2) is 20.3 Å². The predicted octanol–water partition coefficient (Wildman–Crippen LogP) is 3.21. The normalized spacial score (nSPS) is 20.3. The van der Waals surface area contributed by atoms with Gasteiger partial charge < -0.3 is 10.1 Å². The molecule has 100 valence electrons. The number of ether oxygens (including phenoxy) is 1. The summed E-state index contributed by atoms with van der Waals surface area (Å²) in [5.74, 6) is 0. The topological polar surface area (TPSA) is 21.3 Å². The van der Waals surface area contributed by atoms with Gasteiger partial charge >= 0.3 is 0 Å². The number of fused-ring (bicyclic) bond motifs is 1. The maximum absolute atomic E-state index is 5.67. The van der Waals surface area contributed by atoms with E-state index in [0.29, 0.717) is 6.04 Å². The molecule has 0 amide bonds. The number of likely N-dealkylation sites (N-methyl/N-ethyl adjacent to an activating group) is 1. The van der Waals surface area contributed by atoms with E-state index in [1.807, 2.05) is 7.05 Å². The van der Waals surface area contributed by atoms with E-state index in [1.54, 1.807) is 0 Å². The molecule has 0 spiro atoms. The van der Waals surface area contributed by atoms with Crippen molar-refractivity contribution >= 4 is 0 Å². The van der Waals surface area contributed by atoms with Gasteiger partial charge in [-0.2, -0.15) is 0 Å². The maximum atomic E-state index is 5.67. The smallest absolute Gasteiger partial charge is 0.0661 e. The highest BCUT2D eigenvalue weighted by molar-refractivity contribution is 5.38. The fraction of sp³-hybridized carbons (Fsp3) is 0.625. The van der Waals surface area contributed by atoms with Crippen LogP contribution in [0.3, 0.4) is 0 Å². The molecule has 1 atom stereocenters. The second-order valence-corrected chi connectivity index (χ2v) is 5.82. The van der Waals surface area contributed by atoms with Crippen molar-refractivity contribution in [2.45, 2.75) is 45.1 Å². The molecule has 0 bridgehead atoms. The van der Waals surface area contributed by atoms with E-state index < -0.39 is 0 Å². The van der Waals surface area contributed by atoms with Crippen LogP contribution in [-0.2, 0) is 16.6 Å². The van der Waals surface area contributed by atoms with E-state index in [4.69, 9.17) is 4.74 Å². The van der Waals surface area contributed by atoms with Gasteiger partial charge in [0.2, 0.25) is 0 Å².